The number of rotatable bonds is 5. The van der Waals surface area contributed by atoms with Crippen LogP contribution >= 0.6 is 11.8 Å². The summed E-state index contributed by atoms with van der Waals surface area (Å²) in [6.45, 7) is 2.31. The summed E-state index contributed by atoms with van der Waals surface area (Å²) in [6.07, 6.45) is 8.54. The third-order valence-corrected chi connectivity index (χ3v) is 4.62. The van der Waals surface area contributed by atoms with Crippen LogP contribution in [0.3, 0.4) is 0 Å². The average molecular weight is 213 g/mol. The van der Waals surface area contributed by atoms with Gasteiger partial charge in [0.05, 0.1) is 0 Å². The number of nitrogens with one attached hydrogen (secondary N) is 1. The SMILES string of the molecule is CCCC(NC1CCCSC1)C1CC1. The van der Waals surface area contributed by atoms with E-state index in [0.29, 0.717) is 0 Å². The van der Waals surface area contributed by atoms with Crippen molar-refractivity contribution >= 4 is 11.8 Å². The van der Waals surface area contributed by atoms with Gasteiger partial charge in [-0.15, -0.1) is 0 Å². The van der Waals surface area contributed by atoms with Crippen LogP contribution in [0.15, 0.2) is 0 Å². The minimum atomic E-state index is 0.825. The molecule has 2 aliphatic rings. The van der Waals surface area contributed by atoms with Crippen molar-refractivity contribution in [3.05, 3.63) is 0 Å². The van der Waals surface area contributed by atoms with Crippen LogP contribution < -0.4 is 5.32 Å². The molecule has 2 heteroatoms. The molecule has 0 spiro atoms. The second kappa shape index (κ2) is 5.41. The van der Waals surface area contributed by atoms with Gasteiger partial charge < -0.3 is 5.32 Å². The van der Waals surface area contributed by atoms with Gasteiger partial charge >= 0.3 is 0 Å². The van der Waals surface area contributed by atoms with Crippen LogP contribution in [0.2, 0.25) is 0 Å². The highest BCUT2D eigenvalue weighted by Gasteiger charge is 2.31. The zero-order valence-corrected chi connectivity index (χ0v) is 10.1. The molecule has 82 valence electrons. The van der Waals surface area contributed by atoms with Crippen LogP contribution in [-0.4, -0.2) is 23.6 Å². The Labute approximate surface area is 92.4 Å². The second-order valence-corrected chi connectivity index (χ2v) is 5.96. The lowest BCUT2D eigenvalue weighted by Gasteiger charge is -2.28. The molecule has 1 heterocycles. The first-order chi connectivity index (χ1) is 6.90. The Kier molecular flexibility index (Phi) is 4.18. The van der Waals surface area contributed by atoms with E-state index in [1.54, 1.807) is 0 Å². The molecule has 1 N–H and O–H groups in total. The molecule has 0 aromatic carbocycles. The molecule has 0 amide bonds. The van der Waals surface area contributed by atoms with E-state index in [-0.39, 0.29) is 0 Å². The standard InChI is InChI=1S/C12H23NS/c1-2-4-12(10-6-7-10)13-11-5-3-8-14-9-11/h10-13H,2-9H2,1H3. The largest absolute Gasteiger partial charge is 0.310 e. The molecule has 1 nitrogen and oxygen atoms in total. The Hall–Kier alpha value is 0.310. The summed E-state index contributed by atoms with van der Waals surface area (Å²) in [6, 6.07) is 1.68. The molecule has 1 aliphatic heterocycles. The van der Waals surface area contributed by atoms with Crippen molar-refractivity contribution in [2.75, 3.05) is 11.5 Å². The van der Waals surface area contributed by atoms with Crippen molar-refractivity contribution in [1.29, 1.82) is 0 Å². The summed E-state index contributed by atoms with van der Waals surface area (Å²) in [5.41, 5.74) is 0. The zero-order chi connectivity index (χ0) is 9.80. The molecule has 1 saturated heterocycles. The van der Waals surface area contributed by atoms with Gasteiger partial charge in [-0.2, -0.15) is 11.8 Å². The van der Waals surface area contributed by atoms with Crippen molar-refractivity contribution in [2.24, 2.45) is 5.92 Å². The summed E-state index contributed by atoms with van der Waals surface area (Å²) in [7, 11) is 0. The molecule has 0 aromatic heterocycles. The molecule has 2 fully saturated rings. The van der Waals surface area contributed by atoms with Crippen molar-refractivity contribution in [3.8, 4) is 0 Å². The Morgan fingerprint density at radius 3 is 2.79 bits per heavy atom. The van der Waals surface area contributed by atoms with Crippen molar-refractivity contribution in [2.45, 2.75) is 57.5 Å². The Balaban J connectivity index is 1.73. The molecule has 0 bridgehead atoms. The van der Waals surface area contributed by atoms with Gasteiger partial charge in [-0.1, -0.05) is 13.3 Å². The van der Waals surface area contributed by atoms with Gasteiger partial charge in [0.1, 0.15) is 0 Å². The Bertz CT molecular complexity index is 162. The minimum absolute atomic E-state index is 0.825. The van der Waals surface area contributed by atoms with Gasteiger partial charge in [-0.3, -0.25) is 0 Å². The lowest BCUT2D eigenvalue weighted by molar-refractivity contribution is 0.372. The summed E-state index contributed by atoms with van der Waals surface area (Å²) < 4.78 is 0. The maximum absolute atomic E-state index is 3.90. The third kappa shape index (κ3) is 3.16. The Morgan fingerprint density at radius 2 is 2.21 bits per heavy atom. The van der Waals surface area contributed by atoms with E-state index < -0.39 is 0 Å². The second-order valence-electron chi connectivity index (χ2n) is 4.81. The monoisotopic (exact) mass is 213 g/mol. The predicted molar refractivity (Wildman–Crippen MR) is 64.9 cm³/mol. The maximum atomic E-state index is 3.90. The minimum Gasteiger partial charge on any atom is -0.310 e. The first-order valence-corrected chi connectivity index (χ1v) is 7.39. The van der Waals surface area contributed by atoms with E-state index in [9.17, 15) is 0 Å². The van der Waals surface area contributed by atoms with Crippen molar-refractivity contribution in [1.82, 2.24) is 5.32 Å². The number of thioether (sulfide) groups is 1. The molecule has 2 unspecified atom stereocenters. The highest BCUT2D eigenvalue weighted by Crippen LogP contribution is 2.35. The van der Waals surface area contributed by atoms with Crippen LogP contribution in [-0.2, 0) is 0 Å². The topological polar surface area (TPSA) is 12.0 Å². The van der Waals surface area contributed by atoms with E-state index in [2.05, 4.69) is 24.0 Å². The van der Waals surface area contributed by atoms with Crippen LogP contribution in [0.1, 0.15) is 45.4 Å². The average Bonchev–Trinajstić information content (AvgIpc) is 3.02. The molecule has 14 heavy (non-hydrogen) atoms. The molecule has 0 radical (unpaired) electrons. The number of hydrogen-bond acceptors (Lipinski definition) is 2. The fraction of sp³-hybridized carbons (Fsp3) is 1.00. The van der Waals surface area contributed by atoms with Crippen molar-refractivity contribution in [3.63, 3.8) is 0 Å². The van der Waals surface area contributed by atoms with Gasteiger partial charge in [0.2, 0.25) is 0 Å². The first-order valence-electron chi connectivity index (χ1n) is 6.24. The van der Waals surface area contributed by atoms with Gasteiger partial charge in [-0.25, -0.2) is 0 Å². The molecule has 2 atom stereocenters. The fourth-order valence-corrected chi connectivity index (χ4v) is 3.52. The zero-order valence-electron chi connectivity index (χ0n) is 9.30. The van der Waals surface area contributed by atoms with Crippen molar-refractivity contribution < 1.29 is 0 Å². The lowest BCUT2D eigenvalue weighted by atomic mass is 10.0. The van der Waals surface area contributed by atoms with Crippen LogP contribution in [0.5, 0.6) is 0 Å². The maximum Gasteiger partial charge on any atom is 0.0161 e. The molecule has 0 aromatic rings. The Morgan fingerprint density at radius 1 is 1.36 bits per heavy atom. The van der Waals surface area contributed by atoms with Gasteiger partial charge in [0.25, 0.3) is 0 Å². The molecule has 1 aliphatic carbocycles. The van der Waals surface area contributed by atoms with Crippen LogP contribution in [0.4, 0.5) is 0 Å². The molecule has 2 rings (SSSR count). The van der Waals surface area contributed by atoms with Gasteiger partial charge in [0.15, 0.2) is 0 Å². The van der Waals surface area contributed by atoms with E-state index >= 15 is 0 Å². The summed E-state index contributed by atoms with van der Waals surface area (Å²) in [4.78, 5) is 0. The van der Waals surface area contributed by atoms with E-state index in [0.717, 1.165) is 18.0 Å². The van der Waals surface area contributed by atoms with E-state index in [1.165, 1.54) is 50.0 Å². The fourth-order valence-electron chi connectivity index (χ4n) is 2.44. The van der Waals surface area contributed by atoms with E-state index in [1.807, 2.05) is 0 Å². The molecular formula is C12H23NS. The van der Waals surface area contributed by atoms with Gasteiger partial charge in [-0.05, 0) is 43.8 Å². The normalized spacial score (nSPS) is 30.2. The van der Waals surface area contributed by atoms with Gasteiger partial charge in [0, 0.05) is 17.8 Å². The quantitative estimate of drug-likeness (QED) is 0.753. The van der Waals surface area contributed by atoms with Crippen LogP contribution in [0, 0.1) is 5.92 Å². The highest BCUT2D eigenvalue weighted by molar-refractivity contribution is 7.99. The third-order valence-electron chi connectivity index (χ3n) is 3.40. The lowest BCUT2D eigenvalue weighted by Crippen LogP contribution is -2.42. The highest BCUT2D eigenvalue weighted by atomic mass is 32.2. The molecule has 1 saturated carbocycles. The summed E-state index contributed by atoms with van der Waals surface area (Å²) >= 11 is 2.13. The first kappa shape index (κ1) is 10.8. The van der Waals surface area contributed by atoms with E-state index in [4.69, 9.17) is 0 Å². The van der Waals surface area contributed by atoms with Crippen LogP contribution in [0.25, 0.3) is 0 Å². The predicted octanol–water partition coefficient (Wildman–Crippen LogP) is 3.05. The summed E-state index contributed by atoms with van der Waals surface area (Å²) in [5.74, 6) is 3.77. The number of hydrogen-bond donors (Lipinski definition) is 1. The summed E-state index contributed by atoms with van der Waals surface area (Å²) in [5, 5.41) is 3.90. The smallest absolute Gasteiger partial charge is 0.0161 e. The molecular weight excluding hydrogens is 190 g/mol.